The highest BCUT2D eigenvalue weighted by molar-refractivity contribution is 9.10. The van der Waals surface area contributed by atoms with Crippen molar-refractivity contribution < 1.29 is 4.74 Å². The predicted molar refractivity (Wildman–Crippen MR) is 93.2 cm³/mol. The zero-order chi connectivity index (χ0) is 15.6. The van der Waals surface area contributed by atoms with Crippen molar-refractivity contribution in [1.29, 1.82) is 0 Å². The van der Waals surface area contributed by atoms with Gasteiger partial charge in [-0.2, -0.15) is 0 Å². The molecule has 2 nitrogen and oxygen atoms in total. The third-order valence-electron chi connectivity index (χ3n) is 3.37. The lowest BCUT2D eigenvalue weighted by atomic mass is 10.0. The molecule has 2 N–H and O–H groups in total. The molecule has 0 aliphatic rings. The lowest BCUT2D eigenvalue weighted by Crippen LogP contribution is -2.00. The van der Waals surface area contributed by atoms with E-state index in [1.165, 1.54) is 0 Å². The maximum Gasteiger partial charge on any atom is 0.123 e. The average molecular weight is 369 g/mol. The van der Waals surface area contributed by atoms with E-state index in [1.54, 1.807) is 0 Å². The summed E-state index contributed by atoms with van der Waals surface area (Å²) in [6.07, 6.45) is 0. The quantitative estimate of drug-likeness (QED) is 0.703. The van der Waals surface area contributed by atoms with E-state index in [0.717, 1.165) is 31.9 Å². The molecule has 2 aromatic rings. The van der Waals surface area contributed by atoms with Gasteiger partial charge in [-0.3, -0.25) is 0 Å². The van der Waals surface area contributed by atoms with Crippen LogP contribution in [0.5, 0.6) is 5.75 Å². The zero-order valence-electron chi connectivity index (χ0n) is 12.4. The highest BCUT2D eigenvalue weighted by Crippen LogP contribution is 2.32. The Bertz CT molecular complexity index is 655. The van der Waals surface area contributed by atoms with Gasteiger partial charge in [0.1, 0.15) is 12.4 Å². The van der Waals surface area contributed by atoms with Gasteiger partial charge < -0.3 is 10.5 Å². The standard InChI is InChI=1S/C17H19BrClNO/c1-10(2)13-8-17(11(3)6-15(13)19)21-9-12-4-5-14(18)16(20)7-12/h4-8,10H,9,20H2,1-3H3. The Morgan fingerprint density at radius 2 is 1.95 bits per heavy atom. The smallest absolute Gasteiger partial charge is 0.123 e. The molecule has 0 aromatic heterocycles. The molecule has 2 rings (SSSR count). The summed E-state index contributed by atoms with van der Waals surface area (Å²) in [4.78, 5) is 0. The minimum atomic E-state index is 0.365. The monoisotopic (exact) mass is 367 g/mol. The molecule has 0 saturated heterocycles. The van der Waals surface area contributed by atoms with E-state index in [0.29, 0.717) is 18.2 Å². The Labute approximate surface area is 139 Å². The molecule has 0 fully saturated rings. The Morgan fingerprint density at radius 3 is 2.57 bits per heavy atom. The van der Waals surface area contributed by atoms with Crippen molar-refractivity contribution in [1.82, 2.24) is 0 Å². The van der Waals surface area contributed by atoms with Crippen LogP contribution >= 0.6 is 27.5 Å². The Balaban J connectivity index is 2.19. The maximum absolute atomic E-state index is 6.27. The van der Waals surface area contributed by atoms with Gasteiger partial charge in [0.05, 0.1) is 0 Å². The minimum Gasteiger partial charge on any atom is -0.489 e. The van der Waals surface area contributed by atoms with Crippen LogP contribution in [0.2, 0.25) is 5.02 Å². The fraction of sp³-hybridized carbons (Fsp3) is 0.294. The second kappa shape index (κ2) is 6.71. The number of benzene rings is 2. The minimum absolute atomic E-state index is 0.365. The topological polar surface area (TPSA) is 35.2 Å². The van der Waals surface area contributed by atoms with Gasteiger partial charge >= 0.3 is 0 Å². The van der Waals surface area contributed by atoms with E-state index in [4.69, 9.17) is 22.1 Å². The summed E-state index contributed by atoms with van der Waals surface area (Å²) < 4.78 is 6.83. The lowest BCUT2D eigenvalue weighted by Gasteiger charge is -2.15. The van der Waals surface area contributed by atoms with E-state index in [1.807, 2.05) is 37.3 Å². The summed E-state index contributed by atoms with van der Waals surface area (Å²) >= 11 is 9.66. The molecule has 0 atom stereocenters. The molecule has 2 aromatic carbocycles. The molecule has 0 amide bonds. The number of hydrogen-bond donors (Lipinski definition) is 1. The summed E-state index contributed by atoms with van der Waals surface area (Å²) in [5, 5.41) is 0.794. The van der Waals surface area contributed by atoms with Gasteiger partial charge in [-0.05, 0) is 69.7 Å². The van der Waals surface area contributed by atoms with Crippen LogP contribution in [0.3, 0.4) is 0 Å². The molecule has 0 saturated carbocycles. The number of anilines is 1. The molecule has 0 spiro atoms. The molecule has 112 valence electrons. The van der Waals surface area contributed by atoms with Crippen LogP contribution < -0.4 is 10.5 Å². The van der Waals surface area contributed by atoms with Gasteiger partial charge in [-0.25, -0.2) is 0 Å². The van der Waals surface area contributed by atoms with Crippen molar-refractivity contribution >= 4 is 33.2 Å². The van der Waals surface area contributed by atoms with Crippen LogP contribution in [0.25, 0.3) is 0 Å². The predicted octanol–water partition coefficient (Wildman–Crippen LogP) is 5.70. The molecular formula is C17H19BrClNO. The van der Waals surface area contributed by atoms with Gasteiger partial charge in [0.15, 0.2) is 0 Å². The molecule has 4 heteroatoms. The van der Waals surface area contributed by atoms with Crippen LogP contribution in [0.4, 0.5) is 5.69 Å². The fourth-order valence-corrected chi connectivity index (χ4v) is 2.79. The lowest BCUT2D eigenvalue weighted by molar-refractivity contribution is 0.303. The van der Waals surface area contributed by atoms with E-state index >= 15 is 0 Å². The van der Waals surface area contributed by atoms with E-state index in [-0.39, 0.29) is 0 Å². The van der Waals surface area contributed by atoms with Crippen molar-refractivity contribution in [3.8, 4) is 5.75 Å². The molecule has 0 unspecified atom stereocenters. The van der Waals surface area contributed by atoms with Gasteiger partial charge in [0, 0.05) is 15.2 Å². The normalized spacial score (nSPS) is 11.0. The van der Waals surface area contributed by atoms with Crippen molar-refractivity contribution in [3.63, 3.8) is 0 Å². The maximum atomic E-state index is 6.27. The Hall–Kier alpha value is -1.19. The summed E-state index contributed by atoms with van der Waals surface area (Å²) in [5.41, 5.74) is 9.78. The third kappa shape index (κ3) is 3.92. The number of ether oxygens (including phenoxy) is 1. The summed E-state index contributed by atoms with van der Waals surface area (Å²) in [6, 6.07) is 9.84. The van der Waals surface area contributed by atoms with Crippen molar-refractivity contribution in [2.45, 2.75) is 33.3 Å². The molecule has 0 bridgehead atoms. The molecule has 0 aliphatic carbocycles. The summed E-state index contributed by atoms with van der Waals surface area (Å²) in [5.74, 6) is 1.23. The summed E-state index contributed by atoms with van der Waals surface area (Å²) in [6.45, 7) is 6.73. The zero-order valence-corrected chi connectivity index (χ0v) is 14.8. The average Bonchev–Trinajstić information content (AvgIpc) is 2.41. The van der Waals surface area contributed by atoms with Crippen LogP contribution in [-0.2, 0) is 6.61 Å². The van der Waals surface area contributed by atoms with E-state index in [2.05, 4.69) is 29.8 Å². The molecule has 0 radical (unpaired) electrons. The van der Waals surface area contributed by atoms with Gasteiger partial charge in [-0.1, -0.05) is 31.5 Å². The highest BCUT2D eigenvalue weighted by atomic mass is 79.9. The number of hydrogen-bond acceptors (Lipinski definition) is 2. The molecular weight excluding hydrogens is 350 g/mol. The first-order valence-corrected chi connectivity index (χ1v) is 8.02. The van der Waals surface area contributed by atoms with Crippen LogP contribution in [0, 0.1) is 6.92 Å². The Kier molecular flexibility index (Phi) is 5.17. The number of rotatable bonds is 4. The molecule has 0 aliphatic heterocycles. The third-order valence-corrected chi connectivity index (χ3v) is 4.42. The van der Waals surface area contributed by atoms with Crippen molar-refractivity contribution in [2.24, 2.45) is 0 Å². The van der Waals surface area contributed by atoms with Gasteiger partial charge in [-0.15, -0.1) is 0 Å². The van der Waals surface area contributed by atoms with Crippen molar-refractivity contribution in [3.05, 3.63) is 56.5 Å². The number of halogens is 2. The van der Waals surface area contributed by atoms with Gasteiger partial charge in [0.2, 0.25) is 0 Å². The van der Waals surface area contributed by atoms with Gasteiger partial charge in [0.25, 0.3) is 0 Å². The second-order valence-corrected chi connectivity index (χ2v) is 6.70. The number of nitrogens with two attached hydrogens (primary N) is 1. The number of nitrogen functional groups attached to an aromatic ring is 1. The molecule has 21 heavy (non-hydrogen) atoms. The first kappa shape index (κ1) is 16.2. The van der Waals surface area contributed by atoms with Crippen molar-refractivity contribution in [2.75, 3.05) is 5.73 Å². The van der Waals surface area contributed by atoms with Crippen LogP contribution in [0.1, 0.15) is 36.5 Å². The number of aryl methyl sites for hydroxylation is 1. The Morgan fingerprint density at radius 1 is 1.24 bits per heavy atom. The molecule has 0 heterocycles. The summed E-state index contributed by atoms with van der Waals surface area (Å²) in [7, 11) is 0. The fourth-order valence-electron chi connectivity index (χ4n) is 2.11. The van der Waals surface area contributed by atoms with E-state index < -0.39 is 0 Å². The van der Waals surface area contributed by atoms with Crippen LogP contribution in [0.15, 0.2) is 34.8 Å². The SMILES string of the molecule is Cc1cc(Cl)c(C(C)C)cc1OCc1ccc(Br)c(N)c1. The second-order valence-electron chi connectivity index (χ2n) is 5.44. The first-order valence-electron chi connectivity index (χ1n) is 6.85. The highest BCUT2D eigenvalue weighted by Gasteiger charge is 2.10. The van der Waals surface area contributed by atoms with E-state index in [9.17, 15) is 0 Å². The largest absolute Gasteiger partial charge is 0.489 e. The van der Waals surface area contributed by atoms with Crippen LogP contribution in [-0.4, -0.2) is 0 Å². The first-order chi connectivity index (χ1) is 9.88.